The Morgan fingerprint density at radius 3 is 2.71 bits per heavy atom. The molecule has 1 N–H and O–H groups in total. The van der Waals surface area contributed by atoms with Crippen LogP contribution in [0.4, 0.5) is 18.0 Å². The van der Waals surface area contributed by atoms with E-state index in [-0.39, 0.29) is 16.9 Å². The van der Waals surface area contributed by atoms with Crippen LogP contribution in [-0.4, -0.2) is 39.0 Å². The molecule has 1 spiro atoms. The number of hydrogen-bond acceptors (Lipinski definition) is 2. The number of likely N-dealkylation sites (tertiary alicyclic amines) is 1. The molecule has 2 aliphatic rings. The van der Waals surface area contributed by atoms with Crippen molar-refractivity contribution in [2.75, 3.05) is 13.1 Å². The number of nitrogens with zero attached hydrogens (tertiary/aromatic N) is 3. The molecule has 2 heterocycles. The summed E-state index contributed by atoms with van der Waals surface area (Å²) < 4.78 is 40.2. The molecule has 1 aliphatic carbocycles. The van der Waals surface area contributed by atoms with Crippen LogP contribution in [0, 0.1) is 5.41 Å². The smallest absolute Gasteiger partial charge is 0.433 e. The first-order valence-corrected chi connectivity index (χ1v) is 6.79. The van der Waals surface area contributed by atoms with E-state index in [1.807, 2.05) is 0 Å². The highest BCUT2D eigenvalue weighted by atomic mass is 19.4. The van der Waals surface area contributed by atoms with Crippen LogP contribution in [0.25, 0.3) is 0 Å². The molecule has 116 valence electrons. The predicted octanol–water partition coefficient (Wildman–Crippen LogP) is 2.69. The second kappa shape index (κ2) is 4.38. The second-order valence-corrected chi connectivity index (χ2v) is 6.15. The zero-order valence-electron chi connectivity index (χ0n) is 11.5. The van der Waals surface area contributed by atoms with Crippen molar-refractivity contribution in [3.63, 3.8) is 0 Å². The SMILES string of the molecule is Cn1ncc(C2CCC3(C2)CN(C(=O)O)C3)c1C(F)(F)F. The molecule has 21 heavy (non-hydrogen) atoms. The summed E-state index contributed by atoms with van der Waals surface area (Å²) in [5.74, 6) is -0.189. The van der Waals surface area contributed by atoms with Crippen molar-refractivity contribution in [2.24, 2.45) is 12.5 Å². The average Bonchev–Trinajstić information content (AvgIpc) is 2.88. The fourth-order valence-electron chi connectivity index (χ4n) is 3.76. The van der Waals surface area contributed by atoms with Gasteiger partial charge in [0.25, 0.3) is 0 Å². The normalized spacial score (nSPS) is 24.4. The number of alkyl halides is 3. The molecule has 1 aromatic heterocycles. The van der Waals surface area contributed by atoms with E-state index in [9.17, 15) is 18.0 Å². The lowest BCUT2D eigenvalue weighted by atomic mass is 9.77. The van der Waals surface area contributed by atoms with Gasteiger partial charge in [-0.25, -0.2) is 4.79 Å². The topological polar surface area (TPSA) is 58.4 Å². The lowest BCUT2D eigenvalue weighted by molar-refractivity contribution is -0.144. The van der Waals surface area contributed by atoms with E-state index in [0.29, 0.717) is 25.9 Å². The van der Waals surface area contributed by atoms with Crippen molar-refractivity contribution in [1.29, 1.82) is 0 Å². The highest BCUT2D eigenvalue weighted by Crippen LogP contribution is 2.53. The van der Waals surface area contributed by atoms with Gasteiger partial charge < -0.3 is 10.0 Å². The standard InChI is InChI=1S/C13H16F3N3O2/c1-18-10(13(14,15)16)9(5-17-18)8-2-3-12(4-8)6-19(7-12)11(20)21/h5,8H,2-4,6-7H2,1H3,(H,20,21). The van der Waals surface area contributed by atoms with E-state index in [0.717, 1.165) is 11.1 Å². The van der Waals surface area contributed by atoms with Crippen molar-refractivity contribution >= 4 is 6.09 Å². The van der Waals surface area contributed by atoms with Crippen molar-refractivity contribution in [3.05, 3.63) is 17.5 Å². The Labute approximate surface area is 119 Å². The Morgan fingerprint density at radius 2 is 2.14 bits per heavy atom. The van der Waals surface area contributed by atoms with E-state index in [2.05, 4.69) is 5.10 Å². The fraction of sp³-hybridized carbons (Fsp3) is 0.692. The molecule has 0 bridgehead atoms. The van der Waals surface area contributed by atoms with Gasteiger partial charge in [0, 0.05) is 31.1 Å². The third kappa shape index (κ3) is 2.26. The van der Waals surface area contributed by atoms with Crippen LogP contribution < -0.4 is 0 Å². The van der Waals surface area contributed by atoms with Crippen molar-refractivity contribution in [1.82, 2.24) is 14.7 Å². The van der Waals surface area contributed by atoms with Crippen LogP contribution in [0.15, 0.2) is 6.20 Å². The summed E-state index contributed by atoms with van der Waals surface area (Å²) in [6.45, 7) is 0.862. The largest absolute Gasteiger partial charge is 0.465 e. The molecule has 3 rings (SSSR count). The summed E-state index contributed by atoms with van der Waals surface area (Å²) in [6.07, 6.45) is -2.04. The molecule has 1 saturated carbocycles. The number of amides is 1. The molecule has 1 aliphatic heterocycles. The summed E-state index contributed by atoms with van der Waals surface area (Å²) >= 11 is 0. The molecule has 1 atom stereocenters. The van der Waals surface area contributed by atoms with Gasteiger partial charge in [0.1, 0.15) is 5.69 Å². The quantitative estimate of drug-likeness (QED) is 0.868. The number of aromatic nitrogens is 2. The third-order valence-corrected chi connectivity index (χ3v) is 4.70. The van der Waals surface area contributed by atoms with Gasteiger partial charge in [0.2, 0.25) is 0 Å². The van der Waals surface area contributed by atoms with E-state index in [1.165, 1.54) is 18.1 Å². The fourth-order valence-corrected chi connectivity index (χ4v) is 3.76. The minimum Gasteiger partial charge on any atom is -0.465 e. The number of rotatable bonds is 1. The summed E-state index contributed by atoms with van der Waals surface area (Å²) in [6, 6.07) is 0. The van der Waals surface area contributed by atoms with E-state index in [4.69, 9.17) is 5.11 Å². The third-order valence-electron chi connectivity index (χ3n) is 4.70. The Morgan fingerprint density at radius 1 is 1.48 bits per heavy atom. The first kappa shape index (κ1) is 14.2. The predicted molar refractivity (Wildman–Crippen MR) is 66.8 cm³/mol. The van der Waals surface area contributed by atoms with Crippen LogP contribution in [0.3, 0.4) is 0 Å². The molecule has 1 amide bonds. The van der Waals surface area contributed by atoms with Gasteiger partial charge in [-0.1, -0.05) is 0 Å². The number of halogens is 3. The van der Waals surface area contributed by atoms with Gasteiger partial charge in [0.05, 0.1) is 6.20 Å². The molecule has 1 saturated heterocycles. The molecule has 5 nitrogen and oxygen atoms in total. The average molecular weight is 303 g/mol. The molecular weight excluding hydrogens is 287 g/mol. The van der Waals surface area contributed by atoms with Gasteiger partial charge in [-0.05, 0) is 25.2 Å². The van der Waals surface area contributed by atoms with Crippen LogP contribution in [0.2, 0.25) is 0 Å². The molecule has 1 aromatic rings. The zero-order valence-corrected chi connectivity index (χ0v) is 11.5. The monoisotopic (exact) mass is 303 g/mol. The summed E-state index contributed by atoms with van der Waals surface area (Å²) in [5, 5.41) is 12.6. The van der Waals surface area contributed by atoms with E-state index >= 15 is 0 Å². The van der Waals surface area contributed by atoms with E-state index in [1.54, 1.807) is 0 Å². The van der Waals surface area contributed by atoms with Gasteiger partial charge in [-0.3, -0.25) is 4.68 Å². The zero-order chi connectivity index (χ0) is 15.4. The minimum absolute atomic E-state index is 0.137. The minimum atomic E-state index is -4.41. The van der Waals surface area contributed by atoms with Gasteiger partial charge in [-0.2, -0.15) is 18.3 Å². The first-order chi connectivity index (χ1) is 9.72. The molecule has 0 radical (unpaired) electrons. The van der Waals surface area contributed by atoms with Crippen LogP contribution in [0.1, 0.15) is 36.4 Å². The maximum Gasteiger partial charge on any atom is 0.433 e. The lowest BCUT2D eigenvalue weighted by Crippen LogP contribution is -2.56. The number of carbonyl (C=O) groups is 1. The number of carboxylic acid groups (broad SMARTS) is 1. The highest BCUT2D eigenvalue weighted by Gasteiger charge is 2.51. The summed E-state index contributed by atoms with van der Waals surface area (Å²) in [4.78, 5) is 12.1. The van der Waals surface area contributed by atoms with Gasteiger partial charge >= 0.3 is 12.3 Å². The van der Waals surface area contributed by atoms with Crippen molar-refractivity contribution in [2.45, 2.75) is 31.4 Å². The molecular formula is C13H16F3N3O2. The lowest BCUT2D eigenvalue weighted by Gasteiger charge is -2.46. The van der Waals surface area contributed by atoms with Crippen molar-refractivity contribution < 1.29 is 23.1 Å². The Kier molecular flexibility index (Phi) is 2.97. The van der Waals surface area contributed by atoms with Gasteiger partial charge in [0.15, 0.2) is 0 Å². The molecule has 2 fully saturated rings. The number of aryl methyl sites for hydroxylation is 1. The summed E-state index contributed by atoms with van der Waals surface area (Å²) in [5.41, 5.74) is -0.573. The van der Waals surface area contributed by atoms with Crippen LogP contribution in [0.5, 0.6) is 0 Å². The van der Waals surface area contributed by atoms with Gasteiger partial charge in [-0.15, -0.1) is 0 Å². The molecule has 1 unspecified atom stereocenters. The summed E-state index contributed by atoms with van der Waals surface area (Å²) in [7, 11) is 1.30. The molecule has 0 aromatic carbocycles. The highest BCUT2D eigenvalue weighted by molar-refractivity contribution is 5.66. The molecule has 8 heteroatoms. The van der Waals surface area contributed by atoms with E-state index < -0.39 is 18.0 Å². The van der Waals surface area contributed by atoms with Crippen LogP contribution >= 0.6 is 0 Å². The van der Waals surface area contributed by atoms with Crippen molar-refractivity contribution in [3.8, 4) is 0 Å². The Balaban J connectivity index is 1.78. The Bertz CT molecular complexity index is 576. The maximum absolute atomic E-state index is 13.1. The Hall–Kier alpha value is -1.73. The van der Waals surface area contributed by atoms with Crippen LogP contribution in [-0.2, 0) is 13.2 Å². The number of hydrogen-bond donors (Lipinski definition) is 1. The first-order valence-electron chi connectivity index (χ1n) is 6.79. The second-order valence-electron chi connectivity index (χ2n) is 6.15. The maximum atomic E-state index is 13.1.